The molecule has 7 heteroatoms. The topological polar surface area (TPSA) is 64.3 Å². The SMILES string of the molecule is CC(C)(CN)NC(=O)Cc1ccccc1OC(F)F.Cl. The van der Waals surface area contributed by atoms with Crippen LogP contribution in [0.5, 0.6) is 5.75 Å². The number of carbonyl (C=O) groups is 1. The van der Waals surface area contributed by atoms with Crippen LogP contribution < -0.4 is 15.8 Å². The summed E-state index contributed by atoms with van der Waals surface area (Å²) >= 11 is 0. The predicted molar refractivity (Wildman–Crippen MR) is 75.3 cm³/mol. The first-order valence-electron chi connectivity index (χ1n) is 5.88. The molecule has 1 rings (SSSR count). The van der Waals surface area contributed by atoms with Gasteiger partial charge in [-0.15, -0.1) is 12.4 Å². The average molecular weight is 309 g/mol. The Morgan fingerprint density at radius 3 is 2.55 bits per heavy atom. The summed E-state index contributed by atoms with van der Waals surface area (Å²) in [5, 5.41) is 2.73. The molecule has 0 heterocycles. The second-order valence-corrected chi connectivity index (χ2v) is 4.80. The van der Waals surface area contributed by atoms with Crippen molar-refractivity contribution in [3.8, 4) is 5.75 Å². The Morgan fingerprint density at radius 1 is 1.40 bits per heavy atom. The van der Waals surface area contributed by atoms with Crippen LogP contribution in [0.2, 0.25) is 0 Å². The molecule has 0 spiro atoms. The van der Waals surface area contributed by atoms with E-state index in [0.29, 0.717) is 5.56 Å². The van der Waals surface area contributed by atoms with Crippen LogP contribution in [0.1, 0.15) is 19.4 Å². The molecule has 0 bridgehead atoms. The molecule has 0 aliphatic carbocycles. The largest absolute Gasteiger partial charge is 0.435 e. The molecular weight excluding hydrogens is 290 g/mol. The van der Waals surface area contributed by atoms with Gasteiger partial charge in [0.05, 0.1) is 6.42 Å². The van der Waals surface area contributed by atoms with E-state index in [-0.39, 0.29) is 37.0 Å². The summed E-state index contributed by atoms with van der Waals surface area (Å²) in [4.78, 5) is 11.8. The molecule has 0 saturated heterocycles. The van der Waals surface area contributed by atoms with E-state index in [1.165, 1.54) is 6.07 Å². The first-order valence-corrected chi connectivity index (χ1v) is 5.88. The van der Waals surface area contributed by atoms with Crippen LogP contribution in [0.15, 0.2) is 24.3 Å². The normalized spacial score (nSPS) is 10.9. The zero-order valence-corrected chi connectivity index (χ0v) is 12.2. The Morgan fingerprint density at radius 2 is 2.00 bits per heavy atom. The Hall–Kier alpha value is -1.40. The van der Waals surface area contributed by atoms with Crippen molar-refractivity contribution in [2.75, 3.05) is 6.54 Å². The highest BCUT2D eigenvalue weighted by Crippen LogP contribution is 2.20. The molecule has 0 atom stereocenters. The van der Waals surface area contributed by atoms with Crippen LogP contribution in [0.25, 0.3) is 0 Å². The molecular formula is C13H19ClF2N2O2. The van der Waals surface area contributed by atoms with Gasteiger partial charge in [0.2, 0.25) is 5.91 Å². The van der Waals surface area contributed by atoms with Crippen molar-refractivity contribution in [1.82, 2.24) is 5.32 Å². The van der Waals surface area contributed by atoms with Crippen LogP contribution in [0.3, 0.4) is 0 Å². The van der Waals surface area contributed by atoms with E-state index in [4.69, 9.17) is 5.73 Å². The second kappa shape index (κ2) is 8.01. The Balaban J connectivity index is 0.00000361. The lowest BCUT2D eigenvalue weighted by molar-refractivity contribution is -0.122. The lowest BCUT2D eigenvalue weighted by Gasteiger charge is -2.24. The number of amides is 1. The number of carbonyl (C=O) groups excluding carboxylic acids is 1. The number of rotatable bonds is 6. The predicted octanol–water partition coefficient (Wildman–Crippen LogP) is 2.11. The van der Waals surface area contributed by atoms with Gasteiger partial charge >= 0.3 is 6.61 Å². The van der Waals surface area contributed by atoms with E-state index in [2.05, 4.69) is 10.1 Å². The zero-order chi connectivity index (χ0) is 14.5. The van der Waals surface area contributed by atoms with Crippen molar-refractivity contribution in [2.24, 2.45) is 5.73 Å². The maximum absolute atomic E-state index is 12.2. The lowest BCUT2D eigenvalue weighted by atomic mass is 10.0. The highest BCUT2D eigenvalue weighted by atomic mass is 35.5. The molecule has 114 valence electrons. The second-order valence-electron chi connectivity index (χ2n) is 4.80. The van der Waals surface area contributed by atoms with E-state index in [0.717, 1.165) is 0 Å². The van der Waals surface area contributed by atoms with Crippen LogP contribution >= 0.6 is 12.4 Å². The first-order chi connectivity index (χ1) is 8.84. The van der Waals surface area contributed by atoms with Crippen molar-refractivity contribution in [3.63, 3.8) is 0 Å². The third-order valence-electron chi connectivity index (χ3n) is 2.53. The minimum absolute atomic E-state index is 0. The minimum Gasteiger partial charge on any atom is -0.435 e. The van der Waals surface area contributed by atoms with Gasteiger partial charge in [0.15, 0.2) is 0 Å². The Labute approximate surface area is 123 Å². The standard InChI is InChI=1S/C13H18F2N2O2.ClH/c1-13(2,8-16)17-11(18)7-9-5-3-4-6-10(9)19-12(14)15;/h3-6,12H,7-8,16H2,1-2H3,(H,17,18);1H. The molecule has 3 N–H and O–H groups in total. The van der Waals surface area contributed by atoms with E-state index in [9.17, 15) is 13.6 Å². The number of alkyl halides is 2. The van der Waals surface area contributed by atoms with E-state index >= 15 is 0 Å². The molecule has 0 aliphatic rings. The third kappa shape index (κ3) is 6.16. The van der Waals surface area contributed by atoms with Gasteiger partial charge in [0.1, 0.15) is 5.75 Å². The van der Waals surface area contributed by atoms with Crippen LogP contribution in [-0.2, 0) is 11.2 Å². The number of benzene rings is 1. The summed E-state index contributed by atoms with van der Waals surface area (Å²) in [7, 11) is 0. The van der Waals surface area contributed by atoms with Gasteiger partial charge < -0.3 is 15.8 Å². The molecule has 0 unspecified atom stereocenters. The molecule has 1 aromatic rings. The summed E-state index contributed by atoms with van der Waals surface area (Å²) in [6, 6.07) is 6.22. The number of hydrogen-bond donors (Lipinski definition) is 2. The Bertz CT molecular complexity index is 442. The number of nitrogens with two attached hydrogens (primary N) is 1. The smallest absolute Gasteiger partial charge is 0.387 e. The zero-order valence-electron chi connectivity index (χ0n) is 11.4. The maximum Gasteiger partial charge on any atom is 0.387 e. The summed E-state index contributed by atoms with van der Waals surface area (Å²) in [5.41, 5.74) is 5.38. The minimum atomic E-state index is -2.91. The van der Waals surface area contributed by atoms with Gasteiger partial charge in [-0.25, -0.2) is 0 Å². The molecule has 20 heavy (non-hydrogen) atoms. The monoisotopic (exact) mass is 308 g/mol. The van der Waals surface area contributed by atoms with Gasteiger partial charge in [-0.05, 0) is 19.9 Å². The van der Waals surface area contributed by atoms with Gasteiger partial charge in [-0.1, -0.05) is 18.2 Å². The molecule has 0 radical (unpaired) electrons. The van der Waals surface area contributed by atoms with E-state index in [1.54, 1.807) is 32.0 Å². The molecule has 0 fully saturated rings. The van der Waals surface area contributed by atoms with E-state index < -0.39 is 12.2 Å². The summed E-state index contributed by atoms with van der Waals surface area (Å²) in [6.45, 7) is 0.942. The van der Waals surface area contributed by atoms with Crippen LogP contribution in [-0.4, -0.2) is 24.6 Å². The fourth-order valence-corrected chi connectivity index (χ4v) is 1.51. The van der Waals surface area contributed by atoms with Gasteiger partial charge in [0.25, 0.3) is 0 Å². The number of hydrogen-bond acceptors (Lipinski definition) is 3. The molecule has 0 aromatic heterocycles. The number of halogens is 3. The van der Waals surface area contributed by atoms with Crippen molar-refractivity contribution in [3.05, 3.63) is 29.8 Å². The lowest BCUT2D eigenvalue weighted by Crippen LogP contribution is -2.49. The molecule has 1 amide bonds. The fraction of sp³-hybridized carbons (Fsp3) is 0.462. The average Bonchev–Trinajstić information content (AvgIpc) is 2.30. The quantitative estimate of drug-likeness (QED) is 0.846. The van der Waals surface area contributed by atoms with Crippen molar-refractivity contribution in [2.45, 2.75) is 32.4 Å². The molecule has 0 saturated carbocycles. The highest BCUT2D eigenvalue weighted by Gasteiger charge is 2.19. The number of ether oxygens (including phenoxy) is 1. The summed E-state index contributed by atoms with van der Waals surface area (Å²) in [5.74, 6) is -0.279. The molecule has 1 aromatic carbocycles. The molecule has 4 nitrogen and oxygen atoms in total. The van der Waals surface area contributed by atoms with Crippen molar-refractivity contribution < 1.29 is 18.3 Å². The third-order valence-corrected chi connectivity index (χ3v) is 2.53. The highest BCUT2D eigenvalue weighted by molar-refractivity contribution is 5.85. The molecule has 0 aliphatic heterocycles. The van der Waals surface area contributed by atoms with Crippen LogP contribution in [0, 0.1) is 0 Å². The van der Waals surface area contributed by atoms with Crippen molar-refractivity contribution >= 4 is 18.3 Å². The maximum atomic E-state index is 12.2. The Kier molecular flexibility index (Phi) is 7.45. The van der Waals surface area contributed by atoms with Gasteiger partial charge in [-0.2, -0.15) is 8.78 Å². The fourth-order valence-electron chi connectivity index (χ4n) is 1.51. The van der Waals surface area contributed by atoms with Gasteiger partial charge in [0, 0.05) is 17.6 Å². The summed E-state index contributed by atoms with van der Waals surface area (Å²) in [6.07, 6.45) is -0.0354. The van der Waals surface area contributed by atoms with E-state index in [1.807, 2.05) is 0 Å². The number of para-hydroxylation sites is 1. The summed E-state index contributed by atoms with van der Waals surface area (Å²) < 4.78 is 28.8. The van der Waals surface area contributed by atoms with Gasteiger partial charge in [-0.3, -0.25) is 4.79 Å². The van der Waals surface area contributed by atoms with Crippen LogP contribution in [0.4, 0.5) is 8.78 Å². The van der Waals surface area contributed by atoms with Crippen molar-refractivity contribution in [1.29, 1.82) is 0 Å². The first kappa shape index (κ1) is 18.6. The number of nitrogens with one attached hydrogen (secondary N) is 1.